The van der Waals surface area contributed by atoms with Gasteiger partial charge in [0.1, 0.15) is 0 Å². The molecule has 0 aromatic carbocycles. The number of hydrogen-bond donors (Lipinski definition) is 0. The molecule has 24 heavy (non-hydrogen) atoms. The van der Waals surface area contributed by atoms with Gasteiger partial charge in [0.2, 0.25) is 0 Å². The Morgan fingerprint density at radius 1 is 0.917 bits per heavy atom. The number of rotatable bonds is 14. The molecule has 0 saturated carbocycles. The van der Waals surface area contributed by atoms with Crippen LogP contribution in [0.3, 0.4) is 0 Å². The van der Waals surface area contributed by atoms with Crippen LogP contribution in [0, 0.1) is 29.6 Å². The zero-order valence-corrected chi connectivity index (χ0v) is 17.4. The molecule has 0 heterocycles. The summed E-state index contributed by atoms with van der Waals surface area (Å²) in [7, 11) is 0. The Balaban J connectivity index is 4.94. The summed E-state index contributed by atoms with van der Waals surface area (Å²) in [5.74, 6) is 3.47. The first-order chi connectivity index (χ1) is 11.5. The summed E-state index contributed by atoms with van der Waals surface area (Å²) in [5, 5.41) is 0. The maximum atomic E-state index is 4.02. The van der Waals surface area contributed by atoms with Crippen molar-refractivity contribution in [1.82, 2.24) is 0 Å². The van der Waals surface area contributed by atoms with Gasteiger partial charge in [0, 0.05) is 0 Å². The van der Waals surface area contributed by atoms with Crippen molar-refractivity contribution in [2.75, 3.05) is 0 Å². The third kappa shape index (κ3) is 8.90. The highest BCUT2D eigenvalue weighted by atomic mass is 14.3. The van der Waals surface area contributed by atoms with E-state index in [4.69, 9.17) is 0 Å². The van der Waals surface area contributed by atoms with Gasteiger partial charge in [0.15, 0.2) is 0 Å². The van der Waals surface area contributed by atoms with Gasteiger partial charge in [-0.15, -0.1) is 6.58 Å². The van der Waals surface area contributed by atoms with Crippen LogP contribution in [0.4, 0.5) is 0 Å². The Kier molecular flexibility index (Phi) is 14.1. The maximum absolute atomic E-state index is 4.02. The van der Waals surface area contributed by atoms with Crippen molar-refractivity contribution >= 4 is 0 Å². The number of unbranched alkanes of at least 4 members (excludes halogenated alkanes) is 3. The minimum atomic E-state index is 0.614. The van der Waals surface area contributed by atoms with Crippen LogP contribution in [0.25, 0.3) is 0 Å². The molecule has 0 aliphatic rings. The first-order valence-electron chi connectivity index (χ1n) is 10.4. The van der Waals surface area contributed by atoms with E-state index in [1.54, 1.807) is 0 Å². The van der Waals surface area contributed by atoms with Gasteiger partial charge < -0.3 is 0 Å². The summed E-state index contributed by atoms with van der Waals surface area (Å²) in [5.41, 5.74) is 0. The van der Waals surface area contributed by atoms with Crippen LogP contribution < -0.4 is 0 Å². The minimum Gasteiger partial charge on any atom is -0.103 e. The van der Waals surface area contributed by atoms with Gasteiger partial charge in [0.25, 0.3) is 0 Å². The van der Waals surface area contributed by atoms with E-state index in [1.807, 2.05) is 0 Å². The first-order valence-corrected chi connectivity index (χ1v) is 10.4. The van der Waals surface area contributed by atoms with Gasteiger partial charge in [0.05, 0.1) is 0 Å². The second kappa shape index (κ2) is 14.6. The average Bonchev–Trinajstić information content (AvgIpc) is 2.59. The van der Waals surface area contributed by atoms with Crippen LogP contribution in [0.5, 0.6) is 0 Å². The molecule has 5 atom stereocenters. The highest BCUT2D eigenvalue weighted by molar-refractivity contribution is 5.00. The summed E-state index contributed by atoms with van der Waals surface area (Å²) in [6.07, 6.45) is 20.7. The molecule has 0 spiro atoms. The molecule has 0 aromatic rings. The molecule has 0 rings (SSSR count). The highest BCUT2D eigenvalue weighted by Gasteiger charge is 2.28. The van der Waals surface area contributed by atoms with Gasteiger partial charge in [-0.05, 0) is 55.8 Å². The molecule has 0 N–H and O–H groups in total. The van der Waals surface area contributed by atoms with Crippen molar-refractivity contribution in [2.45, 2.75) is 86.5 Å². The Morgan fingerprint density at radius 3 is 2.17 bits per heavy atom. The second-order valence-electron chi connectivity index (χ2n) is 7.65. The van der Waals surface area contributed by atoms with Crippen LogP contribution in [0.2, 0.25) is 0 Å². The number of hydrogen-bond acceptors (Lipinski definition) is 0. The summed E-state index contributed by atoms with van der Waals surface area (Å²) in [4.78, 5) is 0. The van der Waals surface area contributed by atoms with Gasteiger partial charge in [-0.3, -0.25) is 0 Å². The van der Waals surface area contributed by atoms with E-state index in [1.165, 1.54) is 38.5 Å². The first kappa shape index (κ1) is 23.2. The predicted octanol–water partition coefficient (Wildman–Crippen LogP) is 8.22. The standard InChI is InChI=1S/C24H44/c1-8-12-14-15-19-23(16-10-3)21(6)22(7)24(17-11-4)20(5)18-13-9-2/h10-11,13,17-18,20-24H,3,8-9,12,14-16,19H2,1-2,4-7H3. The third-order valence-corrected chi connectivity index (χ3v) is 5.78. The molecule has 0 bridgehead atoms. The van der Waals surface area contributed by atoms with E-state index in [0.717, 1.165) is 18.3 Å². The van der Waals surface area contributed by atoms with E-state index in [-0.39, 0.29) is 0 Å². The Morgan fingerprint density at radius 2 is 1.62 bits per heavy atom. The Bertz CT molecular complexity index is 349. The summed E-state index contributed by atoms with van der Waals surface area (Å²) in [6, 6.07) is 0. The van der Waals surface area contributed by atoms with Crippen LogP contribution in [-0.2, 0) is 0 Å². The molecule has 0 radical (unpaired) electrons. The van der Waals surface area contributed by atoms with Crippen LogP contribution >= 0.6 is 0 Å². The lowest BCUT2D eigenvalue weighted by atomic mass is 9.70. The molecule has 0 aliphatic carbocycles. The number of allylic oxidation sites excluding steroid dienone is 5. The molecule has 5 unspecified atom stereocenters. The van der Waals surface area contributed by atoms with Gasteiger partial charge in [-0.25, -0.2) is 0 Å². The lowest BCUT2D eigenvalue weighted by Crippen LogP contribution is -2.27. The molecule has 140 valence electrons. The predicted molar refractivity (Wildman–Crippen MR) is 112 cm³/mol. The van der Waals surface area contributed by atoms with E-state index in [9.17, 15) is 0 Å². The second-order valence-corrected chi connectivity index (χ2v) is 7.65. The quantitative estimate of drug-likeness (QED) is 0.222. The van der Waals surface area contributed by atoms with Crippen molar-refractivity contribution in [3.8, 4) is 0 Å². The van der Waals surface area contributed by atoms with Crippen LogP contribution in [0.1, 0.15) is 86.5 Å². The largest absolute Gasteiger partial charge is 0.103 e. The third-order valence-electron chi connectivity index (χ3n) is 5.78. The Labute approximate surface area is 153 Å². The summed E-state index contributed by atoms with van der Waals surface area (Å²) >= 11 is 0. The smallest absolute Gasteiger partial charge is 0.0145 e. The van der Waals surface area contributed by atoms with Gasteiger partial charge in [-0.1, -0.05) is 90.7 Å². The molecule has 0 fully saturated rings. The summed E-state index contributed by atoms with van der Waals surface area (Å²) < 4.78 is 0. The molecule has 0 aliphatic heterocycles. The molecule has 0 aromatic heterocycles. The van der Waals surface area contributed by atoms with Crippen molar-refractivity contribution in [3.05, 3.63) is 37.0 Å². The van der Waals surface area contributed by atoms with Crippen molar-refractivity contribution in [3.63, 3.8) is 0 Å². The lowest BCUT2D eigenvalue weighted by molar-refractivity contribution is 0.184. The fraction of sp³-hybridized carbons (Fsp3) is 0.750. The minimum absolute atomic E-state index is 0.614. The normalized spacial score (nSPS) is 18.6. The molecular weight excluding hydrogens is 288 g/mol. The zero-order chi connectivity index (χ0) is 18.4. The van der Waals surface area contributed by atoms with Crippen LogP contribution in [-0.4, -0.2) is 0 Å². The SMILES string of the molecule is C=CCC(CCCCCC)C(C)C(C)C(C=CC)C(C)C=CCC. The van der Waals surface area contributed by atoms with Crippen molar-refractivity contribution < 1.29 is 0 Å². The molecular formula is C24H44. The van der Waals surface area contributed by atoms with Crippen molar-refractivity contribution in [1.29, 1.82) is 0 Å². The molecule has 0 amide bonds. The molecule has 0 heteroatoms. The van der Waals surface area contributed by atoms with Gasteiger partial charge >= 0.3 is 0 Å². The summed E-state index contributed by atoms with van der Waals surface area (Å²) in [6.45, 7) is 18.0. The van der Waals surface area contributed by atoms with E-state index in [2.05, 4.69) is 78.5 Å². The molecule has 0 saturated heterocycles. The fourth-order valence-electron chi connectivity index (χ4n) is 3.95. The fourth-order valence-corrected chi connectivity index (χ4v) is 3.95. The monoisotopic (exact) mass is 332 g/mol. The van der Waals surface area contributed by atoms with E-state index >= 15 is 0 Å². The topological polar surface area (TPSA) is 0 Å². The lowest BCUT2D eigenvalue weighted by Gasteiger charge is -2.35. The van der Waals surface area contributed by atoms with Crippen molar-refractivity contribution in [2.24, 2.45) is 29.6 Å². The zero-order valence-electron chi connectivity index (χ0n) is 17.4. The van der Waals surface area contributed by atoms with Crippen LogP contribution in [0.15, 0.2) is 37.0 Å². The highest BCUT2D eigenvalue weighted by Crippen LogP contribution is 2.36. The van der Waals surface area contributed by atoms with Gasteiger partial charge in [-0.2, -0.15) is 0 Å². The maximum Gasteiger partial charge on any atom is -0.0145 e. The van der Waals surface area contributed by atoms with E-state index in [0.29, 0.717) is 17.8 Å². The van der Waals surface area contributed by atoms with E-state index < -0.39 is 0 Å². The average molecular weight is 333 g/mol. The Hall–Kier alpha value is -0.780. The molecule has 0 nitrogen and oxygen atoms in total.